The summed E-state index contributed by atoms with van der Waals surface area (Å²) in [5, 5.41) is -0.368. The van der Waals surface area contributed by atoms with E-state index in [2.05, 4.69) is 0 Å². The van der Waals surface area contributed by atoms with Crippen molar-refractivity contribution in [1.82, 2.24) is 0 Å². The molecule has 19 heavy (non-hydrogen) atoms. The first kappa shape index (κ1) is 16.1. The smallest absolute Gasteiger partial charge is 0.306 e. The SMILES string of the molecule is CCOC(=O)CCC(=O)CS(=O)(=O)C1CCCCC1. The van der Waals surface area contributed by atoms with Gasteiger partial charge in [0.05, 0.1) is 18.3 Å². The van der Waals surface area contributed by atoms with Crippen molar-refractivity contribution >= 4 is 21.6 Å². The van der Waals surface area contributed by atoms with Crippen LogP contribution in [0.4, 0.5) is 0 Å². The second-order valence-corrected chi connectivity index (χ2v) is 7.19. The average molecular weight is 290 g/mol. The zero-order valence-electron chi connectivity index (χ0n) is 11.4. The lowest BCUT2D eigenvalue weighted by molar-refractivity contribution is -0.144. The number of ether oxygens (including phenoxy) is 1. The van der Waals surface area contributed by atoms with E-state index in [-0.39, 0.29) is 24.7 Å². The Hall–Kier alpha value is -0.910. The van der Waals surface area contributed by atoms with Crippen LogP contribution < -0.4 is 0 Å². The van der Waals surface area contributed by atoms with Crippen LogP contribution in [0.2, 0.25) is 0 Å². The van der Waals surface area contributed by atoms with Gasteiger partial charge in [0.25, 0.3) is 0 Å². The maximum absolute atomic E-state index is 12.0. The van der Waals surface area contributed by atoms with E-state index >= 15 is 0 Å². The first-order valence-corrected chi connectivity index (χ1v) is 8.56. The zero-order valence-corrected chi connectivity index (χ0v) is 12.2. The summed E-state index contributed by atoms with van der Waals surface area (Å²) >= 11 is 0. The minimum absolute atomic E-state index is 0.0349. The molecule has 0 aromatic rings. The van der Waals surface area contributed by atoms with Gasteiger partial charge in [0, 0.05) is 6.42 Å². The minimum Gasteiger partial charge on any atom is -0.466 e. The number of sulfone groups is 1. The molecule has 1 aliphatic rings. The standard InChI is InChI=1S/C13H22O5S/c1-2-18-13(15)9-8-11(14)10-19(16,17)12-6-4-3-5-7-12/h12H,2-10H2,1H3. The molecule has 0 aliphatic heterocycles. The Morgan fingerprint density at radius 3 is 2.32 bits per heavy atom. The summed E-state index contributed by atoms with van der Waals surface area (Å²) in [6.45, 7) is 1.96. The monoisotopic (exact) mass is 290 g/mol. The lowest BCUT2D eigenvalue weighted by Gasteiger charge is -2.21. The molecule has 0 atom stereocenters. The third-order valence-electron chi connectivity index (χ3n) is 3.34. The van der Waals surface area contributed by atoms with Gasteiger partial charge in [-0.3, -0.25) is 9.59 Å². The van der Waals surface area contributed by atoms with Crippen LogP contribution in [-0.2, 0) is 24.2 Å². The predicted octanol–water partition coefficient (Wildman–Crippen LogP) is 1.65. The number of esters is 1. The summed E-state index contributed by atoms with van der Waals surface area (Å²) in [7, 11) is -3.34. The van der Waals surface area contributed by atoms with E-state index in [0.717, 1.165) is 19.3 Å². The van der Waals surface area contributed by atoms with Crippen molar-refractivity contribution in [3.05, 3.63) is 0 Å². The van der Waals surface area contributed by atoms with Crippen LogP contribution in [0.3, 0.4) is 0 Å². The van der Waals surface area contributed by atoms with Crippen molar-refractivity contribution in [2.24, 2.45) is 0 Å². The van der Waals surface area contributed by atoms with E-state index < -0.39 is 27.3 Å². The number of hydrogen-bond acceptors (Lipinski definition) is 5. The van der Waals surface area contributed by atoms with Crippen LogP contribution in [0.25, 0.3) is 0 Å². The van der Waals surface area contributed by atoms with Crippen LogP contribution in [-0.4, -0.2) is 37.8 Å². The van der Waals surface area contributed by atoms with Gasteiger partial charge >= 0.3 is 5.97 Å². The predicted molar refractivity (Wildman–Crippen MR) is 71.5 cm³/mol. The average Bonchev–Trinajstić information content (AvgIpc) is 2.37. The molecule has 110 valence electrons. The van der Waals surface area contributed by atoms with E-state index in [1.165, 1.54) is 0 Å². The third kappa shape index (κ3) is 5.72. The molecule has 6 heteroatoms. The van der Waals surface area contributed by atoms with Gasteiger partial charge in [-0.2, -0.15) is 0 Å². The summed E-state index contributed by atoms with van der Waals surface area (Å²) in [5.74, 6) is -1.28. The lowest BCUT2D eigenvalue weighted by atomic mass is 10.0. The second kappa shape index (κ2) is 7.62. The molecule has 1 fully saturated rings. The Morgan fingerprint density at radius 1 is 1.11 bits per heavy atom. The summed E-state index contributed by atoms with van der Waals surface area (Å²) in [5.41, 5.74) is 0. The molecule has 5 nitrogen and oxygen atoms in total. The molecule has 1 rings (SSSR count). The summed E-state index contributed by atoms with van der Waals surface area (Å²) in [6, 6.07) is 0. The van der Waals surface area contributed by atoms with E-state index in [4.69, 9.17) is 4.74 Å². The fraction of sp³-hybridized carbons (Fsp3) is 0.846. The Kier molecular flexibility index (Phi) is 6.48. The first-order chi connectivity index (χ1) is 8.95. The highest BCUT2D eigenvalue weighted by molar-refractivity contribution is 7.92. The molecule has 0 radical (unpaired) electrons. The Morgan fingerprint density at radius 2 is 1.74 bits per heavy atom. The number of hydrogen-bond donors (Lipinski definition) is 0. The Labute approximate surface area is 114 Å². The molecule has 0 heterocycles. The van der Waals surface area contributed by atoms with Gasteiger partial charge in [-0.25, -0.2) is 8.42 Å². The molecule has 0 N–H and O–H groups in total. The fourth-order valence-corrected chi connectivity index (χ4v) is 4.19. The largest absolute Gasteiger partial charge is 0.466 e. The van der Waals surface area contributed by atoms with Crippen molar-refractivity contribution in [2.75, 3.05) is 12.4 Å². The molecule has 0 aromatic heterocycles. The van der Waals surface area contributed by atoms with Crippen LogP contribution in [0, 0.1) is 0 Å². The quantitative estimate of drug-likeness (QED) is 0.666. The van der Waals surface area contributed by atoms with Gasteiger partial charge in [0.2, 0.25) is 0 Å². The number of carbonyl (C=O) groups excluding carboxylic acids is 2. The highest BCUT2D eigenvalue weighted by atomic mass is 32.2. The lowest BCUT2D eigenvalue weighted by Crippen LogP contribution is -2.30. The second-order valence-electron chi connectivity index (χ2n) is 4.91. The highest BCUT2D eigenvalue weighted by Crippen LogP contribution is 2.24. The maximum Gasteiger partial charge on any atom is 0.306 e. The van der Waals surface area contributed by atoms with Crippen molar-refractivity contribution in [2.45, 2.75) is 57.1 Å². The molecule has 0 amide bonds. The van der Waals surface area contributed by atoms with E-state index in [1.807, 2.05) is 0 Å². The van der Waals surface area contributed by atoms with Crippen LogP contribution in [0.1, 0.15) is 51.9 Å². The molecular weight excluding hydrogens is 268 g/mol. The molecule has 0 spiro atoms. The van der Waals surface area contributed by atoms with Crippen molar-refractivity contribution in [1.29, 1.82) is 0 Å². The van der Waals surface area contributed by atoms with Crippen LogP contribution >= 0.6 is 0 Å². The summed E-state index contributed by atoms with van der Waals surface area (Å²) in [6.07, 6.45) is 4.14. The fourth-order valence-electron chi connectivity index (χ4n) is 2.31. The van der Waals surface area contributed by atoms with E-state index in [0.29, 0.717) is 12.8 Å². The van der Waals surface area contributed by atoms with Crippen molar-refractivity contribution < 1.29 is 22.7 Å². The van der Waals surface area contributed by atoms with Gasteiger partial charge in [0.15, 0.2) is 9.84 Å². The van der Waals surface area contributed by atoms with E-state index in [9.17, 15) is 18.0 Å². The summed E-state index contributed by atoms with van der Waals surface area (Å²) < 4.78 is 28.8. The normalized spacial score (nSPS) is 17.1. The maximum atomic E-state index is 12.0. The molecule has 0 bridgehead atoms. The van der Waals surface area contributed by atoms with Crippen LogP contribution in [0.15, 0.2) is 0 Å². The van der Waals surface area contributed by atoms with Gasteiger partial charge in [0.1, 0.15) is 11.5 Å². The molecule has 0 saturated heterocycles. The van der Waals surface area contributed by atoms with Gasteiger partial charge in [-0.1, -0.05) is 19.3 Å². The number of rotatable bonds is 7. The van der Waals surface area contributed by atoms with Gasteiger partial charge < -0.3 is 4.74 Å². The molecular formula is C13H22O5S. The third-order valence-corrected chi connectivity index (χ3v) is 5.55. The molecule has 0 aromatic carbocycles. The Bertz CT molecular complexity index is 407. The number of ketones is 1. The van der Waals surface area contributed by atoms with Crippen molar-refractivity contribution in [3.8, 4) is 0 Å². The van der Waals surface area contributed by atoms with Gasteiger partial charge in [-0.05, 0) is 19.8 Å². The Balaban J connectivity index is 2.40. The molecule has 1 aliphatic carbocycles. The van der Waals surface area contributed by atoms with E-state index in [1.54, 1.807) is 6.92 Å². The van der Waals surface area contributed by atoms with Crippen molar-refractivity contribution in [3.63, 3.8) is 0 Å². The first-order valence-electron chi connectivity index (χ1n) is 6.84. The summed E-state index contributed by atoms with van der Waals surface area (Å²) in [4.78, 5) is 22.7. The molecule has 1 saturated carbocycles. The molecule has 0 unspecified atom stereocenters. The van der Waals surface area contributed by atoms with Crippen LogP contribution in [0.5, 0.6) is 0 Å². The topological polar surface area (TPSA) is 77.5 Å². The minimum atomic E-state index is -3.34. The number of Topliss-reactive ketones (excluding diaryl/α,β-unsaturated/α-hetero) is 1. The zero-order chi connectivity index (χ0) is 14.3. The van der Waals surface area contributed by atoms with Gasteiger partial charge in [-0.15, -0.1) is 0 Å². The number of carbonyl (C=O) groups is 2. The highest BCUT2D eigenvalue weighted by Gasteiger charge is 2.29.